The average molecular weight is 354 g/mol. The minimum atomic E-state index is 0.693. The molecule has 5 heteroatoms. The Bertz CT molecular complexity index is 715. The molecular formula is C21H30N4O. The second kappa shape index (κ2) is 10.5. The van der Waals surface area contributed by atoms with Gasteiger partial charge in [0.1, 0.15) is 5.75 Å². The maximum absolute atomic E-state index is 5.26. The Hall–Kier alpha value is -2.53. The molecule has 0 spiro atoms. The lowest BCUT2D eigenvalue weighted by Gasteiger charge is -2.15. The monoisotopic (exact) mass is 354 g/mol. The van der Waals surface area contributed by atoms with Crippen LogP contribution >= 0.6 is 0 Å². The highest BCUT2D eigenvalue weighted by molar-refractivity contribution is 5.79. The van der Waals surface area contributed by atoms with Crippen molar-refractivity contribution in [1.82, 2.24) is 15.5 Å². The summed E-state index contributed by atoms with van der Waals surface area (Å²) < 4.78 is 5.26. The normalized spacial score (nSPS) is 11.5. The molecule has 0 aliphatic rings. The molecule has 0 amide bonds. The van der Waals surface area contributed by atoms with Gasteiger partial charge in [0.25, 0.3) is 0 Å². The molecule has 0 fully saturated rings. The van der Waals surface area contributed by atoms with Gasteiger partial charge in [0, 0.05) is 26.7 Å². The van der Waals surface area contributed by atoms with Crippen LogP contribution in [-0.4, -0.2) is 38.6 Å². The zero-order chi connectivity index (χ0) is 18.8. The van der Waals surface area contributed by atoms with Crippen LogP contribution in [0.5, 0.6) is 5.75 Å². The van der Waals surface area contributed by atoms with Crippen molar-refractivity contribution in [3.8, 4) is 5.75 Å². The van der Waals surface area contributed by atoms with Crippen molar-refractivity contribution in [3.05, 3.63) is 65.2 Å². The summed E-state index contributed by atoms with van der Waals surface area (Å²) in [5.41, 5.74) is 3.72. The summed E-state index contributed by atoms with van der Waals surface area (Å²) in [6.07, 6.45) is 0. The van der Waals surface area contributed by atoms with Gasteiger partial charge in [0.05, 0.1) is 7.11 Å². The number of hydrogen-bond acceptors (Lipinski definition) is 3. The number of aliphatic imine (C=N–C) groups is 1. The van der Waals surface area contributed by atoms with E-state index in [0.29, 0.717) is 6.54 Å². The Balaban J connectivity index is 1.87. The van der Waals surface area contributed by atoms with Crippen molar-refractivity contribution in [2.45, 2.75) is 26.6 Å². The molecule has 0 bridgehead atoms. The van der Waals surface area contributed by atoms with Crippen molar-refractivity contribution >= 4 is 5.96 Å². The lowest BCUT2D eigenvalue weighted by Crippen LogP contribution is -2.36. The molecule has 0 unspecified atom stereocenters. The Morgan fingerprint density at radius 2 is 1.62 bits per heavy atom. The topological polar surface area (TPSA) is 48.9 Å². The van der Waals surface area contributed by atoms with Crippen molar-refractivity contribution in [1.29, 1.82) is 0 Å². The molecule has 0 saturated heterocycles. The fraction of sp³-hybridized carbons (Fsp3) is 0.381. The Morgan fingerprint density at radius 3 is 2.23 bits per heavy atom. The minimum absolute atomic E-state index is 0.693. The maximum Gasteiger partial charge on any atom is 0.191 e. The molecule has 0 radical (unpaired) electrons. The molecule has 0 aliphatic carbocycles. The highest BCUT2D eigenvalue weighted by atomic mass is 16.5. The highest BCUT2D eigenvalue weighted by Crippen LogP contribution is 2.12. The van der Waals surface area contributed by atoms with Gasteiger partial charge in [-0.1, -0.05) is 43.3 Å². The molecule has 2 N–H and O–H groups in total. The molecule has 2 aromatic rings. The van der Waals surface area contributed by atoms with Crippen LogP contribution in [0.4, 0.5) is 0 Å². The summed E-state index contributed by atoms with van der Waals surface area (Å²) in [6, 6.07) is 16.7. The maximum atomic E-state index is 5.26. The van der Waals surface area contributed by atoms with Crippen LogP contribution in [0.25, 0.3) is 0 Å². The second-order valence-corrected chi connectivity index (χ2v) is 6.28. The standard InChI is InChI=1S/C21H30N4O/c1-5-25(3)16-19-10-6-8-17(12-19)14-23-21(22-2)24-15-18-9-7-11-20(13-18)26-4/h6-13H,5,14-16H2,1-4H3,(H2,22,23,24). The Labute approximate surface area is 157 Å². The first-order chi connectivity index (χ1) is 12.6. The van der Waals surface area contributed by atoms with Crippen LogP contribution < -0.4 is 15.4 Å². The van der Waals surface area contributed by atoms with Crippen molar-refractivity contribution in [3.63, 3.8) is 0 Å². The van der Waals surface area contributed by atoms with E-state index in [1.807, 2.05) is 18.2 Å². The van der Waals surface area contributed by atoms with Crippen molar-refractivity contribution in [2.75, 3.05) is 27.7 Å². The molecule has 0 heterocycles. The van der Waals surface area contributed by atoms with Crippen LogP contribution in [0, 0.1) is 0 Å². The second-order valence-electron chi connectivity index (χ2n) is 6.28. The largest absolute Gasteiger partial charge is 0.497 e. The lowest BCUT2D eigenvalue weighted by molar-refractivity contribution is 0.345. The smallest absolute Gasteiger partial charge is 0.191 e. The molecule has 0 aromatic heterocycles. The lowest BCUT2D eigenvalue weighted by atomic mass is 10.1. The highest BCUT2D eigenvalue weighted by Gasteiger charge is 2.02. The van der Waals surface area contributed by atoms with E-state index in [-0.39, 0.29) is 0 Å². The zero-order valence-corrected chi connectivity index (χ0v) is 16.2. The van der Waals surface area contributed by atoms with Gasteiger partial charge in [-0.2, -0.15) is 0 Å². The number of rotatable bonds is 8. The van der Waals surface area contributed by atoms with E-state index in [2.05, 4.69) is 64.8 Å². The molecular weight excluding hydrogens is 324 g/mol. The fourth-order valence-electron chi connectivity index (χ4n) is 2.64. The number of hydrogen-bond donors (Lipinski definition) is 2. The van der Waals surface area contributed by atoms with E-state index in [1.165, 1.54) is 11.1 Å². The van der Waals surface area contributed by atoms with Crippen molar-refractivity contribution < 1.29 is 4.74 Å². The molecule has 0 saturated carbocycles. The number of nitrogens with one attached hydrogen (secondary N) is 2. The molecule has 26 heavy (non-hydrogen) atoms. The summed E-state index contributed by atoms with van der Waals surface area (Å²) in [5.74, 6) is 1.64. The zero-order valence-electron chi connectivity index (χ0n) is 16.2. The van der Waals surface area contributed by atoms with E-state index < -0.39 is 0 Å². The third-order valence-electron chi connectivity index (χ3n) is 4.26. The Kier molecular flexibility index (Phi) is 7.96. The van der Waals surface area contributed by atoms with Crippen LogP contribution in [-0.2, 0) is 19.6 Å². The van der Waals surface area contributed by atoms with E-state index >= 15 is 0 Å². The Morgan fingerprint density at radius 1 is 1.00 bits per heavy atom. The predicted molar refractivity (Wildman–Crippen MR) is 108 cm³/mol. The summed E-state index contributed by atoms with van der Waals surface area (Å²) in [4.78, 5) is 6.59. The molecule has 5 nitrogen and oxygen atoms in total. The van der Waals surface area contributed by atoms with Gasteiger partial charge in [-0.05, 0) is 42.4 Å². The third kappa shape index (κ3) is 6.41. The number of nitrogens with zero attached hydrogens (tertiary/aromatic N) is 2. The van der Waals surface area contributed by atoms with Gasteiger partial charge < -0.3 is 20.3 Å². The quantitative estimate of drug-likeness (QED) is 0.565. The molecule has 2 aromatic carbocycles. The summed E-state index contributed by atoms with van der Waals surface area (Å²) in [5, 5.41) is 6.71. The van der Waals surface area contributed by atoms with Crippen LogP contribution in [0.2, 0.25) is 0 Å². The van der Waals surface area contributed by atoms with E-state index in [0.717, 1.165) is 36.9 Å². The number of benzene rings is 2. The average Bonchev–Trinajstić information content (AvgIpc) is 2.68. The summed E-state index contributed by atoms with van der Waals surface area (Å²) in [7, 11) is 5.60. The predicted octanol–water partition coefficient (Wildman–Crippen LogP) is 3.01. The fourth-order valence-corrected chi connectivity index (χ4v) is 2.64. The van der Waals surface area contributed by atoms with Crippen LogP contribution in [0.1, 0.15) is 23.6 Å². The number of guanidine groups is 1. The summed E-state index contributed by atoms with van der Waals surface area (Å²) >= 11 is 0. The first-order valence-corrected chi connectivity index (χ1v) is 8.98. The molecule has 140 valence electrons. The van der Waals surface area contributed by atoms with Gasteiger partial charge in [-0.25, -0.2) is 0 Å². The first-order valence-electron chi connectivity index (χ1n) is 8.98. The van der Waals surface area contributed by atoms with Gasteiger partial charge in [-0.3, -0.25) is 4.99 Å². The van der Waals surface area contributed by atoms with Gasteiger partial charge in [0.2, 0.25) is 0 Å². The van der Waals surface area contributed by atoms with Crippen LogP contribution in [0.3, 0.4) is 0 Å². The van der Waals surface area contributed by atoms with E-state index in [4.69, 9.17) is 4.74 Å². The molecule has 0 aliphatic heterocycles. The number of methoxy groups -OCH3 is 1. The first kappa shape index (κ1) is 19.8. The van der Waals surface area contributed by atoms with Gasteiger partial charge >= 0.3 is 0 Å². The van der Waals surface area contributed by atoms with Gasteiger partial charge in [-0.15, -0.1) is 0 Å². The van der Waals surface area contributed by atoms with Crippen molar-refractivity contribution in [2.24, 2.45) is 4.99 Å². The summed E-state index contributed by atoms with van der Waals surface area (Å²) in [6.45, 7) is 5.61. The number of ether oxygens (including phenoxy) is 1. The van der Waals surface area contributed by atoms with E-state index in [1.54, 1.807) is 14.2 Å². The van der Waals surface area contributed by atoms with Gasteiger partial charge in [0.15, 0.2) is 5.96 Å². The molecule has 2 rings (SSSR count). The van der Waals surface area contributed by atoms with Crippen LogP contribution in [0.15, 0.2) is 53.5 Å². The molecule has 0 atom stereocenters. The minimum Gasteiger partial charge on any atom is -0.497 e. The van der Waals surface area contributed by atoms with E-state index in [9.17, 15) is 0 Å². The SMILES string of the molecule is CCN(C)Cc1cccc(CNC(=NC)NCc2cccc(OC)c2)c1. The third-order valence-corrected chi connectivity index (χ3v) is 4.26.